The van der Waals surface area contributed by atoms with Crippen molar-refractivity contribution < 1.29 is 45.1 Å². The van der Waals surface area contributed by atoms with E-state index in [4.69, 9.17) is 0 Å². The van der Waals surface area contributed by atoms with E-state index in [-0.39, 0.29) is 6.61 Å². The summed E-state index contributed by atoms with van der Waals surface area (Å²) in [6.07, 6.45) is -6.28. The highest BCUT2D eigenvalue weighted by atomic mass is 19.4. The Labute approximate surface area is 127 Å². The van der Waals surface area contributed by atoms with Crippen LogP contribution in [0.2, 0.25) is 0 Å². The summed E-state index contributed by atoms with van der Waals surface area (Å²) in [4.78, 5) is 22.8. The second-order valence-corrected chi connectivity index (χ2v) is 5.01. The van der Waals surface area contributed by atoms with Gasteiger partial charge in [-0.2, -0.15) is 30.7 Å². The van der Waals surface area contributed by atoms with E-state index in [1.54, 1.807) is 6.92 Å². The van der Waals surface area contributed by atoms with Crippen molar-refractivity contribution in [3.8, 4) is 0 Å². The molecule has 0 aliphatic carbocycles. The van der Waals surface area contributed by atoms with Crippen molar-refractivity contribution in [3.05, 3.63) is 0 Å². The molecule has 0 heterocycles. The van der Waals surface area contributed by atoms with Crippen molar-refractivity contribution in [3.63, 3.8) is 0 Å². The van der Waals surface area contributed by atoms with Crippen LogP contribution in [0.4, 0.5) is 30.7 Å². The van der Waals surface area contributed by atoms with Crippen LogP contribution in [-0.2, 0) is 14.3 Å². The number of nitrogens with one attached hydrogen (secondary N) is 1. The first-order chi connectivity index (χ1) is 10.2. The van der Waals surface area contributed by atoms with E-state index in [0.717, 1.165) is 0 Å². The average molecular weight is 355 g/mol. The summed E-state index contributed by atoms with van der Waals surface area (Å²) in [6.45, 7) is 4.00. The van der Waals surface area contributed by atoms with Crippen LogP contribution in [0.5, 0.6) is 0 Å². The van der Waals surface area contributed by atoms with Crippen LogP contribution in [0.3, 0.4) is 0 Å². The lowest BCUT2D eigenvalue weighted by Crippen LogP contribution is -2.62. The van der Waals surface area contributed by atoms with Gasteiger partial charge in [-0.1, -0.05) is 20.8 Å². The maximum Gasteiger partial charge on any atom is 0.460 e. The standard InChI is InChI=1S/C12H16F7NO3/c1-4-5-23-8(21)7(6(2)3)20-9(22)10(13,14)11(15,16)12(17,18)19/h6-7H,4-5H2,1-3H3,(H,20,22)/t7-/m1/s1. The Bertz CT molecular complexity index is 435. The van der Waals surface area contributed by atoms with Crippen molar-refractivity contribution in [2.24, 2.45) is 5.92 Å². The fraction of sp³-hybridized carbons (Fsp3) is 0.833. The van der Waals surface area contributed by atoms with Crippen LogP contribution >= 0.6 is 0 Å². The summed E-state index contributed by atoms with van der Waals surface area (Å²) in [5.74, 6) is -17.7. The highest BCUT2D eigenvalue weighted by Crippen LogP contribution is 2.46. The normalized spacial score (nSPS) is 14.6. The molecule has 0 aromatic carbocycles. The van der Waals surface area contributed by atoms with Gasteiger partial charge in [0.1, 0.15) is 6.04 Å². The van der Waals surface area contributed by atoms with Gasteiger partial charge in [0.05, 0.1) is 6.61 Å². The molecule has 0 fully saturated rings. The fourth-order valence-electron chi connectivity index (χ4n) is 1.34. The minimum absolute atomic E-state index is 0.132. The highest BCUT2D eigenvalue weighted by Gasteiger charge is 2.76. The number of carbonyl (C=O) groups is 2. The Morgan fingerprint density at radius 2 is 1.52 bits per heavy atom. The number of ether oxygens (including phenoxy) is 1. The predicted molar refractivity (Wildman–Crippen MR) is 64.0 cm³/mol. The Morgan fingerprint density at radius 3 is 1.87 bits per heavy atom. The number of hydrogen-bond acceptors (Lipinski definition) is 3. The fourth-order valence-corrected chi connectivity index (χ4v) is 1.34. The van der Waals surface area contributed by atoms with Crippen molar-refractivity contribution in [1.29, 1.82) is 0 Å². The van der Waals surface area contributed by atoms with E-state index in [0.29, 0.717) is 6.42 Å². The molecule has 4 nitrogen and oxygen atoms in total. The summed E-state index contributed by atoms with van der Waals surface area (Å²) >= 11 is 0. The molecule has 0 saturated heterocycles. The molecule has 0 aromatic rings. The summed E-state index contributed by atoms with van der Waals surface area (Å²) < 4.78 is 92.5. The molecule has 0 unspecified atom stereocenters. The Kier molecular flexibility index (Phi) is 6.85. The molecule has 1 amide bonds. The molecule has 0 spiro atoms. The lowest BCUT2D eigenvalue weighted by atomic mass is 10.0. The minimum atomic E-state index is -6.64. The third-order valence-electron chi connectivity index (χ3n) is 2.69. The molecular weight excluding hydrogens is 339 g/mol. The number of alkyl halides is 7. The van der Waals surface area contributed by atoms with Gasteiger partial charge in [-0.3, -0.25) is 4.79 Å². The van der Waals surface area contributed by atoms with Crippen LogP contribution in [0.25, 0.3) is 0 Å². The second-order valence-electron chi connectivity index (χ2n) is 5.01. The topological polar surface area (TPSA) is 55.4 Å². The SMILES string of the molecule is CCCOC(=O)[C@H](NC(=O)C(F)(F)C(F)(F)C(F)(F)F)C(C)C. The third-order valence-corrected chi connectivity index (χ3v) is 2.69. The first-order valence-electron chi connectivity index (χ1n) is 6.50. The largest absolute Gasteiger partial charge is 0.464 e. The first-order valence-corrected chi connectivity index (χ1v) is 6.50. The van der Waals surface area contributed by atoms with Gasteiger partial charge in [-0.25, -0.2) is 4.79 Å². The van der Waals surface area contributed by atoms with Crippen molar-refractivity contribution in [1.82, 2.24) is 5.32 Å². The van der Waals surface area contributed by atoms with Crippen LogP contribution < -0.4 is 5.32 Å². The van der Waals surface area contributed by atoms with Crippen molar-refractivity contribution in [2.75, 3.05) is 6.61 Å². The van der Waals surface area contributed by atoms with E-state index < -0.39 is 41.9 Å². The van der Waals surface area contributed by atoms with Crippen LogP contribution in [0, 0.1) is 5.92 Å². The smallest absolute Gasteiger partial charge is 0.460 e. The molecule has 0 aliphatic heterocycles. The molecule has 0 bridgehead atoms. The Morgan fingerprint density at radius 1 is 1.04 bits per heavy atom. The zero-order chi connectivity index (χ0) is 18.6. The zero-order valence-corrected chi connectivity index (χ0v) is 12.4. The molecule has 136 valence electrons. The number of hydrogen-bond donors (Lipinski definition) is 1. The van der Waals surface area contributed by atoms with Crippen LogP contribution in [-0.4, -0.2) is 42.5 Å². The third kappa shape index (κ3) is 4.71. The number of halogens is 7. The molecule has 23 heavy (non-hydrogen) atoms. The lowest BCUT2D eigenvalue weighted by molar-refractivity contribution is -0.344. The summed E-state index contributed by atoms with van der Waals surface area (Å²) in [5, 5.41) is 1.20. The number of esters is 1. The second kappa shape index (κ2) is 7.35. The summed E-state index contributed by atoms with van der Waals surface area (Å²) in [5.41, 5.74) is 0. The maximum atomic E-state index is 13.2. The monoisotopic (exact) mass is 355 g/mol. The summed E-state index contributed by atoms with van der Waals surface area (Å²) in [6, 6.07) is -1.79. The van der Waals surface area contributed by atoms with E-state index in [1.165, 1.54) is 19.2 Å². The van der Waals surface area contributed by atoms with E-state index in [1.807, 2.05) is 0 Å². The molecule has 1 N–H and O–H groups in total. The molecule has 0 radical (unpaired) electrons. The summed E-state index contributed by atoms with van der Waals surface area (Å²) in [7, 11) is 0. The van der Waals surface area contributed by atoms with Gasteiger partial charge < -0.3 is 10.1 Å². The molecule has 0 aliphatic rings. The molecule has 0 rings (SSSR count). The average Bonchev–Trinajstić information content (AvgIpc) is 2.39. The van der Waals surface area contributed by atoms with Gasteiger partial charge in [-0.05, 0) is 12.3 Å². The predicted octanol–water partition coefficient (Wildman–Crippen LogP) is 2.91. The molecular formula is C12H16F7NO3. The van der Waals surface area contributed by atoms with Crippen LogP contribution in [0.15, 0.2) is 0 Å². The molecule has 1 atom stereocenters. The van der Waals surface area contributed by atoms with E-state index in [9.17, 15) is 40.3 Å². The van der Waals surface area contributed by atoms with Crippen LogP contribution in [0.1, 0.15) is 27.2 Å². The number of carbonyl (C=O) groups excluding carboxylic acids is 2. The van der Waals surface area contributed by atoms with Crippen molar-refractivity contribution >= 4 is 11.9 Å². The molecule has 11 heteroatoms. The van der Waals surface area contributed by atoms with Gasteiger partial charge >= 0.3 is 24.0 Å². The quantitative estimate of drug-likeness (QED) is 0.564. The van der Waals surface area contributed by atoms with Gasteiger partial charge in [0.25, 0.3) is 5.91 Å². The minimum Gasteiger partial charge on any atom is -0.464 e. The number of rotatable bonds is 7. The van der Waals surface area contributed by atoms with Crippen molar-refractivity contribution in [2.45, 2.75) is 51.3 Å². The Balaban J connectivity index is 5.31. The van der Waals surface area contributed by atoms with Gasteiger partial charge in [0.2, 0.25) is 0 Å². The van der Waals surface area contributed by atoms with E-state index in [2.05, 4.69) is 4.74 Å². The molecule has 0 saturated carbocycles. The van der Waals surface area contributed by atoms with Gasteiger partial charge in [0, 0.05) is 0 Å². The molecule has 0 aromatic heterocycles. The highest BCUT2D eigenvalue weighted by molar-refractivity contribution is 5.89. The Hall–Kier alpha value is -1.55. The first kappa shape index (κ1) is 21.4. The van der Waals surface area contributed by atoms with Gasteiger partial charge in [-0.15, -0.1) is 0 Å². The number of amides is 1. The van der Waals surface area contributed by atoms with Gasteiger partial charge in [0.15, 0.2) is 0 Å². The zero-order valence-electron chi connectivity index (χ0n) is 12.4. The lowest BCUT2D eigenvalue weighted by Gasteiger charge is -2.29. The van der Waals surface area contributed by atoms with E-state index >= 15 is 0 Å². The maximum absolute atomic E-state index is 13.2.